The number of pyridine rings is 1. The van der Waals surface area contributed by atoms with Gasteiger partial charge in [0.05, 0.1) is 23.8 Å². The first-order valence-electron chi connectivity index (χ1n) is 10.3. The van der Waals surface area contributed by atoms with Crippen LogP contribution in [0.1, 0.15) is 70.8 Å². The summed E-state index contributed by atoms with van der Waals surface area (Å²) in [7, 11) is 0. The zero-order valence-electron chi connectivity index (χ0n) is 18.4. The van der Waals surface area contributed by atoms with Gasteiger partial charge in [0.1, 0.15) is 22.9 Å². The molecule has 0 radical (unpaired) electrons. The minimum absolute atomic E-state index is 0.274. The third kappa shape index (κ3) is 5.36. The molecule has 0 bridgehead atoms. The lowest BCUT2D eigenvalue weighted by atomic mass is 10.1. The van der Waals surface area contributed by atoms with E-state index in [1.54, 1.807) is 32.2 Å². The Morgan fingerprint density at radius 1 is 1.40 bits per heavy atom. The third-order valence-corrected chi connectivity index (χ3v) is 4.84. The summed E-state index contributed by atoms with van der Waals surface area (Å²) in [5.74, 6) is 2.45. The van der Waals surface area contributed by atoms with Crippen molar-refractivity contribution in [2.24, 2.45) is 4.99 Å². The van der Waals surface area contributed by atoms with E-state index in [0.29, 0.717) is 23.2 Å². The smallest absolute Gasteiger partial charge is 0.168 e. The maximum absolute atomic E-state index is 10.0. The van der Waals surface area contributed by atoms with Crippen LogP contribution in [0.5, 0.6) is 5.75 Å². The van der Waals surface area contributed by atoms with E-state index in [-0.39, 0.29) is 6.04 Å². The summed E-state index contributed by atoms with van der Waals surface area (Å²) in [6, 6.07) is 3.89. The van der Waals surface area contributed by atoms with Gasteiger partial charge in [-0.05, 0) is 72.4 Å². The molecule has 0 amide bonds. The second-order valence-corrected chi connectivity index (χ2v) is 8.32. The van der Waals surface area contributed by atoms with Gasteiger partial charge in [0.25, 0.3) is 0 Å². The fourth-order valence-corrected chi connectivity index (χ4v) is 2.90. The molecule has 1 fully saturated rings. The summed E-state index contributed by atoms with van der Waals surface area (Å²) in [6.07, 6.45) is 9.60. The fourth-order valence-electron chi connectivity index (χ4n) is 2.90. The number of hydrogen-bond acceptors (Lipinski definition) is 6. The number of allylic oxidation sites excluding steroid dienone is 2. The number of aromatic nitrogens is 3. The first-order chi connectivity index (χ1) is 14.2. The Labute approximate surface area is 178 Å². The first-order valence-corrected chi connectivity index (χ1v) is 10.3. The van der Waals surface area contributed by atoms with Crippen LogP contribution in [0.15, 0.2) is 53.3 Å². The van der Waals surface area contributed by atoms with Crippen LogP contribution >= 0.6 is 0 Å². The predicted octanol–water partition coefficient (Wildman–Crippen LogP) is 4.90. The number of nitrogens with one attached hydrogen (secondary N) is 1. The van der Waals surface area contributed by atoms with E-state index < -0.39 is 5.60 Å². The lowest BCUT2D eigenvalue weighted by Gasteiger charge is -2.16. The Morgan fingerprint density at radius 3 is 2.63 bits per heavy atom. The van der Waals surface area contributed by atoms with Crippen LogP contribution in [0, 0.1) is 0 Å². The minimum Gasteiger partial charge on any atom is -0.454 e. The largest absolute Gasteiger partial charge is 0.454 e. The maximum atomic E-state index is 10.0. The van der Waals surface area contributed by atoms with Crippen LogP contribution in [0.25, 0.3) is 0 Å². The Morgan fingerprint density at radius 2 is 2.13 bits per heavy atom. The van der Waals surface area contributed by atoms with Gasteiger partial charge < -0.3 is 15.2 Å². The highest BCUT2D eigenvalue weighted by molar-refractivity contribution is 5.49. The molecular formula is C23H31N5O2. The van der Waals surface area contributed by atoms with Gasteiger partial charge in [-0.3, -0.25) is 9.67 Å². The van der Waals surface area contributed by atoms with Gasteiger partial charge in [-0.1, -0.05) is 0 Å². The molecule has 30 heavy (non-hydrogen) atoms. The number of ether oxygens (including phenoxy) is 1. The van der Waals surface area contributed by atoms with Gasteiger partial charge in [-0.25, -0.2) is 4.99 Å². The average molecular weight is 410 g/mol. The monoisotopic (exact) mass is 409 g/mol. The number of rotatable bonds is 9. The number of aliphatic imine (C=N–C) groups is 1. The van der Waals surface area contributed by atoms with Crippen molar-refractivity contribution in [1.29, 1.82) is 0 Å². The van der Waals surface area contributed by atoms with Gasteiger partial charge in [0, 0.05) is 18.0 Å². The van der Waals surface area contributed by atoms with E-state index in [2.05, 4.69) is 35.9 Å². The molecule has 160 valence electrons. The van der Waals surface area contributed by atoms with Crippen molar-refractivity contribution >= 4 is 12.4 Å². The highest BCUT2D eigenvalue weighted by Crippen LogP contribution is 2.44. The summed E-state index contributed by atoms with van der Waals surface area (Å²) in [6.45, 7) is 13.2. The zero-order valence-corrected chi connectivity index (χ0v) is 18.4. The molecule has 0 unspecified atom stereocenters. The van der Waals surface area contributed by atoms with Crippen molar-refractivity contribution in [3.63, 3.8) is 0 Å². The first kappa shape index (κ1) is 21.8. The highest BCUT2D eigenvalue weighted by atomic mass is 16.5. The van der Waals surface area contributed by atoms with Crippen LogP contribution in [0.4, 0.5) is 5.69 Å². The molecule has 1 aliphatic rings. The molecule has 0 aromatic carbocycles. The van der Waals surface area contributed by atoms with Crippen LogP contribution in [0.3, 0.4) is 0 Å². The Balaban J connectivity index is 1.77. The molecule has 0 saturated heterocycles. The van der Waals surface area contributed by atoms with Gasteiger partial charge in [0.15, 0.2) is 5.75 Å². The summed E-state index contributed by atoms with van der Waals surface area (Å²) in [5.41, 5.74) is 1.37. The van der Waals surface area contributed by atoms with Crippen molar-refractivity contribution < 1.29 is 9.84 Å². The highest BCUT2D eigenvalue weighted by Gasteiger charge is 2.31. The van der Waals surface area contributed by atoms with E-state index in [1.807, 2.05) is 29.9 Å². The van der Waals surface area contributed by atoms with Gasteiger partial charge in [-0.15, -0.1) is 0 Å². The lowest BCUT2D eigenvalue weighted by molar-refractivity contribution is 0.0739. The SMILES string of the molecule is C=N/C(=C\C(=C/C)Oc1cn(C(C)C)nc1C1CC1)Nc1ccc(C(C)(C)O)nc1. The molecule has 2 aromatic rings. The van der Waals surface area contributed by atoms with Gasteiger partial charge >= 0.3 is 0 Å². The number of aliphatic hydroxyl groups is 1. The molecule has 0 aliphatic heterocycles. The summed E-state index contributed by atoms with van der Waals surface area (Å²) in [5, 5.41) is 17.9. The van der Waals surface area contributed by atoms with E-state index in [4.69, 9.17) is 9.84 Å². The second kappa shape index (κ2) is 8.83. The molecule has 1 aliphatic carbocycles. The third-order valence-electron chi connectivity index (χ3n) is 4.84. The van der Waals surface area contributed by atoms with Crippen molar-refractivity contribution in [2.45, 2.75) is 65.0 Å². The Hall–Kier alpha value is -2.93. The molecule has 0 atom stereocenters. The number of hydrogen-bond donors (Lipinski definition) is 2. The van der Waals surface area contributed by atoms with Gasteiger partial charge in [-0.2, -0.15) is 5.10 Å². The topological polar surface area (TPSA) is 84.6 Å². The molecule has 2 aromatic heterocycles. The van der Waals surface area contributed by atoms with E-state index >= 15 is 0 Å². The zero-order chi connectivity index (χ0) is 21.9. The van der Waals surface area contributed by atoms with E-state index in [1.165, 1.54) is 0 Å². The van der Waals surface area contributed by atoms with Crippen molar-refractivity contribution in [1.82, 2.24) is 14.8 Å². The van der Waals surface area contributed by atoms with Crippen molar-refractivity contribution in [3.8, 4) is 5.75 Å². The Bertz CT molecular complexity index is 945. The summed E-state index contributed by atoms with van der Waals surface area (Å²) >= 11 is 0. The molecule has 1 saturated carbocycles. The molecule has 2 heterocycles. The standard InChI is InChI=1S/C23H31N5O2/c1-7-18(30-19-14-28(15(2)3)27-22(19)16-8-9-16)12-21(24-6)26-17-10-11-20(25-13-17)23(4,5)29/h7,10-16,26,29H,6,8-9H2,1-5H3/b18-7+,21-12+. The molecular weight excluding hydrogens is 378 g/mol. The van der Waals surface area contributed by atoms with Crippen LogP contribution in [-0.4, -0.2) is 26.6 Å². The van der Waals surface area contributed by atoms with E-state index in [0.717, 1.165) is 30.0 Å². The number of nitrogens with zero attached hydrogens (tertiary/aromatic N) is 4. The minimum atomic E-state index is -0.987. The second-order valence-electron chi connectivity index (χ2n) is 8.32. The van der Waals surface area contributed by atoms with Crippen molar-refractivity contribution in [2.75, 3.05) is 5.32 Å². The van der Waals surface area contributed by atoms with Crippen LogP contribution < -0.4 is 10.1 Å². The molecule has 3 rings (SSSR count). The fraction of sp³-hybridized carbons (Fsp3) is 0.435. The number of anilines is 1. The normalized spacial score (nSPS) is 15.4. The Kier molecular flexibility index (Phi) is 6.41. The average Bonchev–Trinajstić information content (AvgIpc) is 3.46. The maximum Gasteiger partial charge on any atom is 0.168 e. The van der Waals surface area contributed by atoms with Crippen molar-refractivity contribution in [3.05, 3.63) is 59.6 Å². The predicted molar refractivity (Wildman–Crippen MR) is 120 cm³/mol. The molecule has 7 heteroatoms. The summed E-state index contributed by atoms with van der Waals surface area (Å²) < 4.78 is 8.13. The van der Waals surface area contributed by atoms with Gasteiger partial charge in [0.2, 0.25) is 0 Å². The molecule has 0 spiro atoms. The van der Waals surface area contributed by atoms with Crippen LogP contribution in [-0.2, 0) is 5.60 Å². The summed E-state index contributed by atoms with van der Waals surface area (Å²) in [4.78, 5) is 8.37. The lowest BCUT2D eigenvalue weighted by Crippen LogP contribution is -2.17. The van der Waals surface area contributed by atoms with E-state index in [9.17, 15) is 5.11 Å². The van der Waals surface area contributed by atoms with Crippen LogP contribution in [0.2, 0.25) is 0 Å². The molecule has 7 nitrogen and oxygen atoms in total. The quantitative estimate of drug-likeness (QED) is 0.350. The molecule has 2 N–H and O–H groups in total.